The summed E-state index contributed by atoms with van der Waals surface area (Å²) in [4.78, 5) is 2.48. The van der Waals surface area contributed by atoms with Gasteiger partial charge in [-0.2, -0.15) is 0 Å². The minimum atomic E-state index is -0.0909. The van der Waals surface area contributed by atoms with E-state index in [9.17, 15) is 0 Å². The smallest absolute Gasteiger partial charge is 0.119 e. The predicted octanol–water partition coefficient (Wildman–Crippen LogP) is 34.4. The molecule has 0 spiro atoms. The van der Waals surface area contributed by atoms with Crippen molar-refractivity contribution in [1.82, 2.24) is 0 Å². The minimum Gasteiger partial charge on any atom is -0.493 e. The molecule has 4 aliphatic rings. The standard InChI is InChI=1S/C117H137NO3/c1-13-25-28-82(22-10)79-119-100-55-37-88(38-56-100)94-46-64-106-103-61-43-91(73-109(103)115(67-16-4,68-17-5)112(106)76-94)85-31-49-97(50-32-85)118(98-51-33-86(34-52-98)92-44-62-104-107-65-47-95(77-113(107)116(69-18-6,70-19-7)110(104)74-92)89-39-57-101(58-40-89)120-80-83(23-11)29-26-14-2)99-53-35-87(36-54-99)93-45-63-105-108-66-48-96(78-114(108)117(71-20-8,72-21-9)111(105)75-93)90-41-59-102(60-42-90)121-81-84(24-12)30-27-15-3/h31-66,73-77,82-84,96H,13-30,67-72,78-81H2,1-12H3. The van der Waals surface area contributed by atoms with Crippen molar-refractivity contribution < 1.29 is 14.2 Å². The van der Waals surface area contributed by atoms with E-state index in [1.54, 1.807) is 5.57 Å². The van der Waals surface area contributed by atoms with Crippen LogP contribution in [-0.2, 0) is 16.2 Å². The number of allylic oxidation sites excluding steroid dienone is 4. The third kappa shape index (κ3) is 17.8. The van der Waals surface area contributed by atoms with E-state index >= 15 is 0 Å². The fourth-order valence-electron chi connectivity index (χ4n) is 21.9. The average Bonchev–Trinajstić information content (AvgIpc) is 1.57. The van der Waals surface area contributed by atoms with Crippen molar-refractivity contribution in [3.8, 4) is 95.1 Å². The third-order valence-corrected chi connectivity index (χ3v) is 28.6. The van der Waals surface area contributed by atoms with Crippen LogP contribution in [0.15, 0.2) is 254 Å². The molecule has 0 saturated heterocycles. The normalized spacial score (nSPS) is 15.6. The molecule has 4 unspecified atom stereocenters. The molecule has 0 aliphatic heterocycles. The van der Waals surface area contributed by atoms with E-state index in [2.05, 4.69) is 337 Å². The van der Waals surface area contributed by atoms with Crippen LogP contribution >= 0.6 is 0 Å². The van der Waals surface area contributed by atoms with E-state index in [-0.39, 0.29) is 16.2 Å². The molecule has 11 aromatic carbocycles. The van der Waals surface area contributed by atoms with Crippen LogP contribution in [0.25, 0.3) is 83.5 Å². The number of hydrogen-bond donors (Lipinski definition) is 0. The van der Waals surface area contributed by atoms with Crippen LogP contribution in [0.2, 0.25) is 0 Å². The molecule has 628 valence electrons. The molecule has 0 aromatic heterocycles. The van der Waals surface area contributed by atoms with Gasteiger partial charge in [0.2, 0.25) is 0 Å². The largest absolute Gasteiger partial charge is 0.493 e. The Bertz CT molecular complexity index is 5080. The maximum Gasteiger partial charge on any atom is 0.119 e. The minimum absolute atomic E-state index is 0.0167. The highest BCUT2D eigenvalue weighted by molar-refractivity contribution is 5.92. The Balaban J connectivity index is 0.742. The SMILES string of the molecule is CCCCC(CC)COc1ccc(-c2ccc3c(c2)C(CCC)(CCC)c2cc(-c4ccc(N(c5ccc(-c6ccc7c(c6)C(CCC)(CCC)C6=C7C=CC(c7ccc(OCC(CC)CCCC)cc7)C6)cc5)c5ccc(-c6ccc7c(c6)C(CCC)(CCC)c6cc(-c8ccc(OCC(CC)CCCC)cc8)ccc6-7)cc5)cc4)ccc2-3)cc1. The number of rotatable bonds is 42. The van der Waals surface area contributed by atoms with Gasteiger partial charge in [-0.25, -0.2) is 0 Å². The van der Waals surface area contributed by atoms with E-state index < -0.39 is 0 Å². The van der Waals surface area contributed by atoms with Crippen molar-refractivity contribution in [2.24, 2.45) is 17.8 Å². The highest BCUT2D eigenvalue weighted by Gasteiger charge is 2.47. The van der Waals surface area contributed by atoms with Gasteiger partial charge < -0.3 is 19.1 Å². The molecule has 4 atom stereocenters. The lowest BCUT2D eigenvalue weighted by Gasteiger charge is -2.36. The molecule has 11 aromatic rings. The lowest BCUT2D eigenvalue weighted by Crippen LogP contribution is -2.28. The molecule has 0 heterocycles. The van der Waals surface area contributed by atoms with Crippen LogP contribution in [0.1, 0.15) is 288 Å². The van der Waals surface area contributed by atoms with Gasteiger partial charge in [-0.15, -0.1) is 0 Å². The maximum atomic E-state index is 6.43. The molecule has 4 nitrogen and oxygen atoms in total. The van der Waals surface area contributed by atoms with Gasteiger partial charge in [0.25, 0.3) is 0 Å². The summed E-state index contributed by atoms with van der Waals surface area (Å²) in [6, 6.07) is 92.3. The Morgan fingerprint density at radius 1 is 0.289 bits per heavy atom. The molecule has 4 aliphatic carbocycles. The quantitative estimate of drug-likeness (QED) is 0.0382. The second kappa shape index (κ2) is 39.5. The predicted molar refractivity (Wildman–Crippen MR) is 518 cm³/mol. The molecule has 15 rings (SSSR count). The van der Waals surface area contributed by atoms with Crippen LogP contribution < -0.4 is 19.1 Å². The van der Waals surface area contributed by atoms with E-state index in [1.807, 2.05) is 0 Å². The van der Waals surface area contributed by atoms with Crippen molar-refractivity contribution in [3.63, 3.8) is 0 Å². The molecule has 0 N–H and O–H groups in total. The number of benzene rings is 11. The number of nitrogens with zero attached hydrogens (tertiary/aromatic N) is 1. The first-order valence-corrected chi connectivity index (χ1v) is 47.8. The lowest BCUT2D eigenvalue weighted by atomic mass is 9.67. The van der Waals surface area contributed by atoms with E-state index in [1.165, 1.54) is 180 Å². The van der Waals surface area contributed by atoms with Crippen molar-refractivity contribution in [2.75, 3.05) is 24.7 Å². The Morgan fingerprint density at radius 3 is 0.843 bits per heavy atom. The molecule has 0 fully saturated rings. The molecule has 0 bridgehead atoms. The molecule has 0 amide bonds. The first-order valence-electron chi connectivity index (χ1n) is 47.8. The average molecular weight is 1610 g/mol. The molecule has 121 heavy (non-hydrogen) atoms. The summed E-state index contributed by atoms with van der Waals surface area (Å²) in [6.45, 7) is 30.4. The lowest BCUT2D eigenvalue weighted by molar-refractivity contribution is 0.233. The molecular weight excluding hydrogens is 1470 g/mol. The molecule has 4 heteroatoms. The number of anilines is 3. The highest BCUT2D eigenvalue weighted by Crippen LogP contribution is 2.60. The monoisotopic (exact) mass is 1600 g/mol. The second-order valence-corrected chi connectivity index (χ2v) is 36.4. The van der Waals surface area contributed by atoms with Gasteiger partial charge in [0, 0.05) is 39.2 Å². The van der Waals surface area contributed by atoms with E-state index in [0.29, 0.717) is 23.7 Å². The second-order valence-electron chi connectivity index (χ2n) is 36.4. The van der Waals surface area contributed by atoms with Gasteiger partial charge in [-0.1, -0.05) is 331 Å². The third-order valence-electron chi connectivity index (χ3n) is 28.6. The Morgan fingerprint density at radius 2 is 0.554 bits per heavy atom. The first kappa shape index (κ1) is 86.1. The summed E-state index contributed by atoms with van der Waals surface area (Å²) in [6.07, 6.45) is 34.0. The van der Waals surface area contributed by atoms with Crippen LogP contribution in [0.3, 0.4) is 0 Å². The van der Waals surface area contributed by atoms with Crippen molar-refractivity contribution in [1.29, 1.82) is 0 Å². The van der Waals surface area contributed by atoms with Crippen molar-refractivity contribution >= 4 is 22.6 Å². The summed E-state index contributed by atoms with van der Waals surface area (Å²) in [7, 11) is 0. The van der Waals surface area contributed by atoms with Gasteiger partial charge in [-0.05, 0) is 307 Å². The van der Waals surface area contributed by atoms with Crippen LogP contribution in [0.5, 0.6) is 17.2 Å². The molecule has 0 radical (unpaired) electrons. The highest BCUT2D eigenvalue weighted by atomic mass is 16.5. The van der Waals surface area contributed by atoms with E-state index in [4.69, 9.17) is 14.2 Å². The first-order chi connectivity index (χ1) is 59.3. The zero-order valence-electron chi connectivity index (χ0n) is 75.5. The van der Waals surface area contributed by atoms with Gasteiger partial charge in [0.05, 0.1) is 19.8 Å². The fraction of sp³-hybridized carbons (Fsp3) is 0.402. The number of fused-ring (bicyclic) bond motifs is 8. The Labute approximate surface area is 728 Å². The summed E-state index contributed by atoms with van der Waals surface area (Å²) < 4.78 is 19.3. The molecule has 0 saturated carbocycles. The van der Waals surface area contributed by atoms with Crippen LogP contribution in [0.4, 0.5) is 17.1 Å². The maximum absolute atomic E-state index is 6.43. The zero-order chi connectivity index (χ0) is 84.0. The van der Waals surface area contributed by atoms with Crippen molar-refractivity contribution in [3.05, 3.63) is 293 Å². The van der Waals surface area contributed by atoms with Gasteiger partial charge in [0.1, 0.15) is 17.2 Å². The summed E-state index contributed by atoms with van der Waals surface area (Å²) in [5, 5.41) is 0. The summed E-state index contributed by atoms with van der Waals surface area (Å²) >= 11 is 0. The van der Waals surface area contributed by atoms with Crippen LogP contribution in [-0.4, -0.2) is 19.8 Å². The van der Waals surface area contributed by atoms with Crippen LogP contribution in [0, 0.1) is 17.8 Å². The van der Waals surface area contributed by atoms with E-state index in [0.717, 1.165) is 157 Å². The Hall–Kier alpha value is -9.90. The molecular formula is C117H137NO3. The van der Waals surface area contributed by atoms with Gasteiger partial charge in [0.15, 0.2) is 0 Å². The number of unbranched alkanes of at least 4 members (excludes halogenated alkanes) is 3. The number of hydrogen-bond acceptors (Lipinski definition) is 4. The summed E-state index contributed by atoms with van der Waals surface area (Å²) in [5.74, 6) is 5.03. The topological polar surface area (TPSA) is 30.9 Å². The Kier molecular flexibility index (Phi) is 28.1. The number of ether oxygens (including phenoxy) is 3. The van der Waals surface area contributed by atoms with Gasteiger partial charge >= 0.3 is 0 Å². The zero-order valence-corrected chi connectivity index (χ0v) is 75.5. The summed E-state index contributed by atoms with van der Waals surface area (Å²) in [5.41, 5.74) is 34.5. The fourth-order valence-corrected chi connectivity index (χ4v) is 21.9. The van der Waals surface area contributed by atoms with Gasteiger partial charge in [-0.3, -0.25) is 0 Å². The van der Waals surface area contributed by atoms with Crippen molar-refractivity contribution in [2.45, 2.75) is 266 Å².